The van der Waals surface area contributed by atoms with Crippen LogP contribution in [-0.4, -0.2) is 14.0 Å². The van der Waals surface area contributed by atoms with Crippen molar-refractivity contribution in [3.8, 4) is 0 Å². The summed E-state index contributed by atoms with van der Waals surface area (Å²) in [6, 6.07) is 0. The lowest BCUT2D eigenvalue weighted by Crippen LogP contribution is -2.37. The number of hydrogen-bond donors (Lipinski definition) is 1. The molecule has 0 aromatic heterocycles. The summed E-state index contributed by atoms with van der Waals surface area (Å²) in [5, 5.41) is 1.05. The third kappa shape index (κ3) is 1.46. The monoisotopic (exact) mass is 203 g/mol. The average molecular weight is 203 g/mol. The molecule has 1 fully saturated rings. The lowest BCUT2D eigenvalue weighted by molar-refractivity contribution is 0.0822. The minimum Gasteiger partial charge on any atom is -0.399 e. The van der Waals surface area contributed by atoms with E-state index in [1.165, 1.54) is 0 Å². The lowest BCUT2D eigenvalue weighted by atomic mass is 9.83. The van der Waals surface area contributed by atoms with Crippen LogP contribution in [0.3, 0.4) is 0 Å². The Balaban J connectivity index is 2.31. The minimum atomic E-state index is -3.49. The summed E-state index contributed by atoms with van der Waals surface area (Å²) in [6.45, 7) is 0. The molecule has 1 saturated carbocycles. The van der Waals surface area contributed by atoms with E-state index in [4.69, 9.17) is 9.92 Å². The van der Waals surface area contributed by atoms with Crippen LogP contribution in [0.4, 0.5) is 0 Å². The van der Waals surface area contributed by atoms with Gasteiger partial charge >= 0.3 is 0 Å². The van der Waals surface area contributed by atoms with E-state index in [0.717, 1.165) is 37.5 Å². The second kappa shape index (κ2) is 2.72. The van der Waals surface area contributed by atoms with Gasteiger partial charge in [-0.05, 0) is 12.8 Å². The molecule has 2 aliphatic rings. The molecule has 0 aromatic carbocycles. The molecule has 4 nitrogen and oxygen atoms in total. The zero-order valence-electron chi connectivity index (χ0n) is 7.32. The van der Waals surface area contributed by atoms with E-state index in [2.05, 4.69) is 0 Å². The van der Waals surface area contributed by atoms with Gasteiger partial charge in [0.1, 0.15) is 5.60 Å². The number of nitrogens with two attached hydrogens (primary N) is 1. The van der Waals surface area contributed by atoms with Crippen molar-refractivity contribution >= 4 is 10.1 Å². The van der Waals surface area contributed by atoms with Crippen molar-refractivity contribution in [3.63, 3.8) is 0 Å². The topological polar surface area (TPSA) is 69.4 Å². The van der Waals surface area contributed by atoms with Gasteiger partial charge in [-0.3, -0.25) is 4.18 Å². The Hall–Kier alpha value is -0.550. The van der Waals surface area contributed by atoms with Gasteiger partial charge in [-0.2, -0.15) is 8.42 Å². The molecule has 0 aromatic rings. The van der Waals surface area contributed by atoms with E-state index in [1.54, 1.807) is 0 Å². The molecule has 1 aliphatic carbocycles. The molecule has 0 saturated heterocycles. The second-order valence-corrected chi connectivity index (χ2v) is 5.09. The maximum atomic E-state index is 11.1. The summed E-state index contributed by atoms with van der Waals surface area (Å²) < 4.78 is 27.3. The molecular weight excluding hydrogens is 190 g/mol. The first-order chi connectivity index (χ1) is 6.04. The van der Waals surface area contributed by atoms with E-state index in [0.29, 0.717) is 5.70 Å². The summed E-state index contributed by atoms with van der Waals surface area (Å²) in [6.07, 6.45) is 4.58. The van der Waals surface area contributed by atoms with Crippen LogP contribution < -0.4 is 5.73 Å². The van der Waals surface area contributed by atoms with Gasteiger partial charge < -0.3 is 5.73 Å². The number of hydrogen-bond acceptors (Lipinski definition) is 4. The van der Waals surface area contributed by atoms with Crippen molar-refractivity contribution in [1.82, 2.24) is 0 Å². The van der Waals surface area contributed by atoms with E-state index < -0.39 is 15.7 Å². The van der Waals surface area contributed by atoms with Crippen molar-refractivity contribution < 1.29 is 12.6 Å². The lowest BCUT2D eigenvalue weighted by Gasteiger charge is -2.31. The maximum absolute atomic E-state index is 11.1. The smallest absolute Gasteiger partial charge is 0.292 e. The molecule has 1 spiro atoms. The summed E-state index contributed by atoms with van der Waals surface area (Å²) in [5.41, 5.74) is 5.38. The Morgan fingerprint density at radius 3 is 2.38 bits per heavy atom. The molecule has 0 bridgehead atoms. The quantitative estimate of drug-likeness (QED) is 0.592. The van der Waals surface area contributed by atoms with Crippen molar-refractivity contribution in [2.75, 3.05) is 0 Å². The first-order valence-corrected chi connectivity index (χ1v) is 5.95. The zero-order valence-corrected chi connectivity index (χ0v) is 8.14. The van der Waals surface area contributed by atoms with Gasteiger partial charge in [0.25, 0.3) is 10.1 Å². The van der Waals surface area contributed by atoms with E-state index in [1.807, 2.05) is 0 Å². The molecule has 0 amide bonds. The molecule has 1 aliphatic heterocycles. The fourth-order valence-electron chi connectivity index (χ4n) is 2.05. The molecule has 2 N–H and O–H groups in total. The van der Waals surface area contributed by atoms with E-state index in [9.17, 15) is 8.42 Å². The average Bonchev–Trinajstić information content (AvgIpc) is 2.23. The molecule has 13 heavy (non-hydrogen) atoms. The standard InChI is InChI=1S/C8H13NO3S/c9-7-6-13(10,11)12-8(7)4-2-1-3-5-8/h6H,1-5,9H2. The van der Waals surface area contributed by atoms with Gasteiger partial charge in [0.05, 0.1) is 11.1 Å². The molecule has 5 heteroatoms. The highest BCUT2D eigenvalue weighted by molar-refractivity contribution is 7.90. The molecule has 1 heterocycles. The predicted molar refractivity (Wildman–Crippen MR) is 48.1 cm³/mol. The molecule has 2 rings (SSSR count). The Morgan fingerprint density at radius 2 is 1.92 bits per heavy atom. The van der Waals surface area contributed by atoms with Crippen LogP contribution in [0.5, 0.6) is 0 Å². The van der Waals surface area contributed by atoms with Gasteiger partial charge in [0.15, 0.2) is 0 Å². The Kier molecular flexibility index (Phi) is 1.89. The first-order valence-electron chi connectivity index (χ1n) is 4.47. The van der Waals surface area contributed by atoms with Crippen LogP contribution in [0.15, 0.2) is 11.1 Å². The molecule has 0 radical (unpaired) electrons. The van der Waals surface area contributed by atoms with E-state index >= 15 is 0 Å². The van der Waals surface area contributed by atoms with Crippen molar-refractivity contribution in [2.45, 2.75) is 37.7 Å². The molecule has 74 valence electrons. The highest BCUT2D eigenvalue weighted by Crippen LogP contribution is 2.41. The predicted octanol–water partition coefficient (Wildman–Crippen LogP) is 0.849. The van der Waals surface area contributed by atoms with Crippen molar-refractivity contribution in [1.29, 1.82) is 0 Å². The van der Waals surface area contributed by atoms with Crippen molar-refractivity contribution in [3.05, 3.63) is 11.1 Å². The summed E-state index contributed by atoms with van der Waals surface area (Å²) >= 11 is 0. The van der Waals surface area contributed by atoms with Gasteiger partial charge in [-0.1, -0.05) is 19.3 Å². The van der Waals surface area contributed by atoms with Gasteiger partial charge in [0.2, 0.25) is 0 Å². The van der Waals surface area contributed by atoms with Crippen LogP contribution >= 0.6 is 0 Å². The van der Waals surface area contributed by atoms with Crippen LogP contribution in [0.2, 0.25) is 0 Å². The van der Waals surface area contributed by atoms with Gasteiger partial charge in [0, 0.05) is 0 Å². The maximum Gasteiger partial charge on any atom is 0.292 e. The van der Waals surface area contributed by atoms with Crippen LogP contribution in [-0.2, 0) is 14.3 Å². The molecule has 0 unspecified atom stereocenters. The number of rotatable bonds is 0. The van der Waals surface area contributed by atoms with Crippen LogP contribution in [0.25, 0.3) is 0 Å². The molecule has 0 atom stereocenters. The zero-order chi connectivity index (χ0) is 9.53. The minimum absolute atomic E-state index is 0.382. The Morgan fingerprint density at radius 1 is 1.31 bits per heavy atom. The summed E-state index contributed by atoms with van der Waals surface area (Å²) in [7, 11) is -3.49. The first kappa shape index (κ1) is 9.02. The Labute approximate surface area is 77.9 Å². The normalized spacial score (nSPS) is 30.3. The van der Waals surface area contributed by atoms with Crippen LogP contribution in [0, 0.1) is 0 Å². The Bertz CT molecular complexity index is 338. The van der Waals surface area contributed by atoms with E-state index in [-0.39, 0.29) is 0 Å². The fourth-order valence-corrected chi connectivity index (χ4v) is 3.33. The SMILES string of the molecule is NC1=CS(=O)(=O)OC12CCCCC2. The second-order valence-electron chi connectivity index (χ2n) is 3.70. The van der Waals surface area contributed by atoms with Crippen molar-refractivity contribution in [2.24, 2.45) is 5.73 Å². The fraction of sp³-hybridized carbons (Fsp3) is 0.750. The molecular formula is C8H13NO3S. The third-order valence-electron chi connectivity index (χ3n) is 2.73. The highest BCUT2D eigenvalue weighted by atomic mass is 32.2. The van der Waals surface area contributed by atoms with Gasteiger partial charge in [-0.15, -0.1) is 0 Å². The van der Waals surface area contributed by atoms with Gasteiger partial charge in [-0.25, -0.2) is 0 Å². The largest absolute Gasteiger partial charge is 0.399 e. The highest BCUT2D eigenvalue weighted by Gasteiger charge is 2.44. The third-order valence-corrected chi connectivity index (χ3v) is 3.83. The summed E-state index contributed by atoms with van der Waals surface area (Å²) in [4.78, 5) is 0. The van der Waals surface area contributed by atoms with Crippen LogP contribution in [0.1, 0.15) is 32.1 Å². The summed E-state index contributed by atoms with van der Waals surface area (Å²) in [5.74, 6) is 0.